The molecule has 0 aromatic carbocycles. The summed E-state index contributed by atoms with van der Waals surface area (Å²) in [5, 5.41) is 3.20. The maximum Gasteiger partial charge on any atom is 0.224 e. The topological polar surface area (TPSA) is 55.1 Å². The minimum Gasteiger partial charge on any atom is -0.350 e. The van der Waals surface area contributed by atoms with E-state index in [2.05, 4.69) is 33.0 Å². The highest BCUT2D eigenvalue weighted by molar-refractivity contribution is 5.79. The molecule has 3 heteroatoms. The van der Waals surface area contributed by atoms with Crippen LogP contribution in [0, 0.1) is 5.92 Å². The van der Waals surface area contributed by atoms with Gasteiger partial charge in [-0.1, -0.05) is 34.1 Å². The summed E-state index contributed by atoms with van der Waals surface area (Å²) in [5.74, 6) is 0.115. The van der Waals surface area contributed by atoms with Crippen LogP contribution in [0.4, 0.5) is 0 Å². The standard InChI is InChI=1S/C13H28N2O/c1-5-9-11(10-14)12(16)15-13(6-2,7-3)8-4/h11H,5-10,14H2,1-4H3,(H,15,16). The van der Waals surface area contributed by atoms with Crippen LogP contribution in [0.1, 0.15) is 59.8 Å². The molecule has 0 aromatic rings. The Morgan fingerprint density at radius 3 is 2.00 bits per heavy atom. The first-order valence-corrected chi connectivity index (χ1v) is 6.61. The van der Waals surface area contributed by atoms with Gasteiger partial charge >= 0.3 is 0 Å². The van der Waals surface area contributed by atoms with Crippen LogP contribution in [-0.4, -0.2) is 18.0 Å². The molecular formula is C13H28N2O. The van der Waals surface area contributed by atoms with Crippen LogP contribution in [0.3, 0.4) is 0 Å². The quantitative estimate of drug-likeness (QED) is 0.670. The van der Waals surface area contributed by atoms with E-state index in [1.807, 2.05) is 0 Å². The number of rotatable bonds is 8. The number of nitrogens with two attached hydrogens (primary N) is 1. The van der Waals surface area contributed by atoms with Gasteiger partial charge in [0, 0.05) is 12.1 Å². The number of hydrogen-bond acceptors (Lipinski definition) is 2. The average molecular weight is 228 g/mol. The molecule has 0 rings (SSSR count). The van der Waals surface area contributed by atoms with E-state index < -0.39 is 0 Å². The molecule has 0 spiro atoms. The van der Waals surface area contributed by atoms with Crippen molar-refractivity contribution in [1.82, 2.24) is 5.32 Å². The largest absolute Gasteiger partial charge is 0.350 e. The van der Waals surface area contributed by atoms with Crippen molar-refractivity contribution < 1.29 is 4.79 Å². The predicted octanol–water partition coefficient (Wildman–Crippen LogP) is 2.45. The molecular weight excluding hydrogens is 200 g/mol. The molecule has 1 atom stereocenters. The summed E-state index contributed by atoms with van der Waals surface area (Å²) in [4.78, 5) is 12.1. The van der Waals surface area contributed by atoms with E-state index in [1.165, 1.54) is 0 Å². The van der Waals surface area contributed by atoms with Crippen LogP contribution in [-0.2, 0) is 4.79 Å². The van der Waals surface area contributed by atoms with Crippen LogP contribution in [0.25, 0.3) is 0 Å². The number of hydrogen-bond donors (Lipinski definition) is 2. The van der Waals surface area contributed by atoms with Crippen LogP contribution in [0.15, 0.2) is 0 Å². The molecule has 3 N–H and O–H groups in total. The van der Waals surface area contributed by atoms with Gasteiger partial charge in [-0.15, -0.1) is 0 Å². The molecule has 1 unspecified atom stereocenters. The highest BCUT2D eigenvalue weighted by Gasteiger charge is 2.28. The Balaban J connectivity index is 4.48. The second-order valence-electron chi connectivity index (χ2n) is 4.55. The SMILES string of the molecule is CCCC(CN)C(=O)NC(CC)(CC)CC. The van der Waals surface area contributed by atoms with E-state index in [0.717, 1.165) is 32.1 Å². The fourth-order valence-corrected chi connectivity index (χ4v) is 2.08. The van der Waals surface area contributed by atoms with Crippen LogP contribution in [0.2, 0.25) is 0 Å². The molecule has 1 amide bonds. The van der Waals surface area contributed by atoms with E-state index in [4.69, 9.17) is 5.73 Å². The zero-order chi connectivity index (χ0) is 12.6. The Kier molecular flexibility index (Phi) is 7.39. The molecule has 0 saturated heterocycles. The van der Waals surface area contributed by atoms with Crippen molar-refractivity contribution >= 4 is 5.91 Å². The van der Waals surface area contributed by atoms with E-state index in [0.29, 0.717) is 6.54 Å². The first-order valence-electron chi connectivity index (χ1n) is 6.61. The fourth-order valence-electron chi connectivity index (χ4n) is 2.08. The molecule has 16 heavy (non-hydrogen) atoms. The Hall–Kier alpha value is -0.570. The fraction of sp³-hybridized carbons (Fsp3) is 0.923. The number of carbonyl (C=O) groups excluding carboxylic acids is 1. The Bertz CT molecular complexity index is 192. The van der Waals surface area contributed by atoms with Gasteiger partial charge in [-0.2, -0.15) is 0 Å². The minimum absolute atomic E-state index is 0.0194. The summed E-state index contributed by atoms with van der Waals surface area (Å²) in [6.07, 6.45) is 4.84. The predicted molar refractivity (Wildman–Crippen MR) is 69.2 cm³/mol. The molecule has 0 radical (unpaired) electrons. The minimum atomic E-state index is -0.0295. The van der Waals surface area contributed by atoms with Gasteiger partial charge in [0.05, 0.1) is 5.92 Å². The molecule has 0 aromatic heterocycles. The third-order valence-electron chi connectivity index (χ3n) is 3.71. The van der Waals surface area contributed by atoms with Crippen molar-refractivity contribution in [2.24, 2.45) is 11.7 Å². The lowest BCUT2D eigenvalue weighted by atomic mass is 9.88. The van der Waals surface area contributed by atoms with Crippen LogP contribution >= 0.6 is 0 Å². The molecule has 0 fully saturated rings. The van der Waals surface area contributed by atoms with Gasteiger partial charge in [0.25, 0.3) is 0 Å². The van der Waals surface area contributed by atoms with Gasteiger partial charge in [0.15, 0.2) is 0 Å². The highest BCUT2D eigenvalue weighted by atomic mass is 16.2. The zero-order valence-corrected chi connectivity index (χ0v) is 11.3. The second-order valence-corrected chi connectivity index (χ2v) is 4.55. The number of nitrogens with one attached hydrogen (secondary N) is 1. The van der Waals surface area contributed by atoms with Crippen molar-refractivity contribution in [2.75, 3.05) is 6.54 Å². The molecule has 0 bridgehead atoms. The lowest BCUT2D eigenvalue weighted by Crippen LogP contribution is -2.50. The zero-order valence-electron chi connectivity index (χ0n) is 11.3. The summed E-state index contributed by atoms with van der Waals surface area (Å²) in [6, 6.07) is 0. The second kappa shape index (κ2) is 7.66. The van der Waals surface area contributed by atoms with Crippen LogP contribution < -0.4 is 11.1 Å². The van der Waals surface area contributed by atoms with Crippen molar-refractivity contribution in [3.8, 4) is 0 Å². The maximum atomic E-state index is 12.1. The molecule has 0 aliphatic heterocycles. The van der Waals surface area contributed by atoms with Gasteiger partial charge in [-0.05, 0) is 25.7 Å². The van der Waals surface area contributed by atoms with E-state index in [9.17, 15) is 4.79 Å². The Morgan fingerprint density at radius 2 is 1.69 bits per heavy atom. The van der Waals surface area contributed by atoms with E-state index in [1.54, 1.807) is 0 Å². The van der Waals surface area contributed by atoms with Crippen molar-refractivity contribution in [3.05, 3.63) is 0 Å². The molecule has 96 valence electrons. The first-order chi connectivity index (χ1) is 7.59. The summed E-state index contributed by atoms with van der Waals surface area (Å²) >= 11 is 0. The molecule has 0 aliphatic carbocycles. The summed E-state index contributed by atoms with van der Waals surface area (Å²) in [7, 11) is 0. The average Bonchev–Trinajstić information content (AvgIpc) is 2.33. The van der Waals surface area contributed by atoms with E-state index >= 15 is 0 Å². The van der Waals surface area contributed by atoms with Gasteiger partial charge in [-0.3, -0.25) is 4.79 Å². The highest BCUT2D eigenvalue weighted by Crippen LogP contribution is 2.20. The Labute approximate surface area is 100 Å². The van der Waals surface area contributed by atoms with Crippen molar-refractivity contribution in [1.29, 1.82) is 0 Å². The molecule has 3 nitrogen and oxygen atoms in total. The molecule has 0 saturated carbocycles. The first kappa shape index (κ1) is 15.4. The van der Waals surface area contributed by atoms with Gasteiger partial charge in [0.1, 0.15) is 0 Å². The van der Waals surface area contributed by atoms with E-state index in [-0.39, 0.29) is 17.4 Å². The van der Waals surface area contributed by atoms with Crippen molar-refractivity contribution in [2.45, 2.75) is 65.3 Å². The smallest absolute Gasteiger partial charge is 0.224 e. The lowest BCUT2D eigenvalue weighted by Gasteiger charge is -2.33. The summed E-state index contributed by atoms with van der Waals surface area (Å²) in [6.45, 7) is 8.93. The lowest BCUT2D eigenvalue weighted by molar-refractivity contribution is -0.127. The van der Waals surface area contributed by atoms with Gasteiger partial charge in [-0.25, -0.2) is 0 Å². The number of amides is 1. The third kappa shape index (κ3) is 4.12. The summed E-state index contributed by atoms with van der Waals surface area (Å²) in [5.41, 5.74) is 5.61. The monoisotopic (exact) mass is 228 g/mol. The molecule has 0 heterocycles. The normalized spacial score (nSPS) is 13.6. The van der Waals surface area contributed by atoms with Gasteiger partial charge in [0.2, 0.25) is 5.91 Å². The molecule has 0 aliphatic rings. The third-order valence-corrected chi connectivity index (χ3v) is 3.71. The van der Waals surface area contributed by atoms with Crippen molar-refractivity contribution in [3.63, 3.8) is 0 Å². The van der Waals surface area contributed by atoms with Crippen LogP contribution in [0.5, 0.6) is 0 Å². The summed E-state index contributed by atoms with van der Waals surface area (Å²) < 4.78 is 0. The maximum absolute atomic E-state index is 12.1. The Morgan fingerprint density at radius 1 is 1.19 bits per heavy atom. The van der Waals surface area contributed by atoms with Gasteiger partial charge < -0.3 is 11.1 Å². The number of carbonyl (C=O) groups is 1.